The zero-order chi connectivity index (χ0) is 20.8. The first-order valence-electron chi connectivity index (χ1n) is 8.87. The van der Waals surface area contributed by atoms with Crippen LogP contribution in [0.3, 0.4) is 0 Å². The van der Waals surface area contributed by atoms with E-state index in [0.29, 0.717) is 10.7 Å². The van der Waals surface area contributed by atoms with Crippen LogP contribution in [0.1, 0.15) is 19.5 Å². The summed E-state index contributed by atoms with van der Waals surface area (Å²) >= 11 is 13.9. The van der Waals surface area contributed by atoms with Crippen LogP contribution >= 0.6 is 34.5 Å². The van der Waals surface area contributed by atoms with Crippen molar-refractivity contribution in [2.75, 3.05) is 0 Å². The van der Waals surface area contributed by atoms with E-state index >= 15 is 0 Å². The molecule has 0 spiro atoms. The van der Waals surface area contributed by atoms with Crippen LogP contribution in [0.25, 0.3) is 26.7 Å². The van der Waals surface area contributed by atoms with Gasteiger partial charge in [0.25, 0.3) is 0 Å². The van der Waals surface area contributed by atoms with E-state index in [9.17, 15) is 9.50 Å². The third kappa shape index (κ3) is 3.96. The Morgan fingerprint density at radius 3 is 2.38 bits per heavy atom. The van der Waals surface area contributed by atoms with E-state index in [2.05, 4.69) is 5.10 Å². The average molecular weight is 447 g/mol. The Hall–Kier alpha value is -2.18. The van der Waals surface area contributed by atoms with Crippen molar-refractivity contribution in [2.45, 2.75) is 19.4 Å². The molecule has 2 heterocycles. The van der Waals surface area contributed by atoms with Gasteiger partial charge < -0.3 is 5.11 Å². The van der Waals surface area contributed by atoms with E-state index in [-0.39, 0.29) is 5.02 Å². The second-order valence-electron chi connectivity index (χ2n) is 7.13. The van der Waals surface area contributed by atoms with Crippen LogP contribution in [0.4, 0.5) is 4.39 Å². The Bertz CT molecular complexity index is 1190. The minimum atomic E-state index is -1.11. The normalized spacial score (nSPS) is 11.8. The number of para-hydroxylation sites is 1. The first-order valence-corrected chi connectivity index (χ1v) is 10.4. The van der Waals surface area contributed by atoms with E-state index in [4.69, 9.17) is 23.2 Å². The lowest BCUT2D eigenvalue weighted by molar-refractivity contribution is 0.0734. The predicted molar refractivity (Wildman–Crippen MR) is 118 cm³/mol. The molecule has 0 atom stereocenters. The first kappa shape index (κ1) is 20.1. The number of halogens is 3. The topological polar surface area (TPSA) is 38.0 Å². The summed E-state index contributed by atoms with van der Waals surface area (Å²) in [4.78, 5) is 1.88. The van der Waals surface area contributed by atoms with Crippen molar-refractivity contribution in [2.24, 2.45) is 0 Å². The molecule has 0 saturated carbocycles. The molecule has 7 heteroatoms. The largest absolute Gasteiger partial charge is 0.384 e. The molecule has 2 aromatic carbocycles. The molecule has 0 unspecified atom stereocenters. The lowest BCUT2D eigenvalue weighted by Gasteiger charge is -2.13. The van der Waals surface area contributed by atoms with Crippen molar-refractivity contribution >= 4 is 34.5 Å². The smallest absolute Gasteiger partial charge is 0.141 e. The van der Waals surface area contributed by atoms with Gasteiger partial charge in [0.05, 0.1) is 32.0 Å². The lowest BCUT2D eigenvalue weighted by atomic mass is 10.1. The van der Waals surface area contributed by atoms with Gasteiger partial charge in [-0.1, -0.05) is 41.4 Å². The SMILES string of the molecule is CC(C)(O)c1cc(-c2ccc(-c3ccc(F)c(Cl)c3)s2)n(-c2ccccc2Cl)n1. The number of nitrogens with zero attached hydrogens (tertiary/aromatic N) is 2. The zero-order valence-electron chi connectivity index (χ0n) is 15.7. The molecular weight excluding hydrogens is 430 g/mol. The fourth-order valence-corrected chi connectivity index (χ4v) is 4.34. The van der Waals surface area contributed by atoms with Crippen molar-refractivity contribution in [3.63, 3.8) is 0 Å². The Kier molecular flexibility index (Phi) is 5.25. The highest BCUT2D eigenvalue weighted by Gasteiger charge is 2.24. The monoisotopic (exact) mass is 446 g/mol. The van der Waals surface area contributed by atoms with Crippen molar-refractivity contribution in [1.29, 1.82) is 0 Å². The molecule has 0 fully saturated rings. The third-order valence-electron chi connectivity index (χ3n) is 4.48. The summed E-state index contributed by atoms with van der Waals surface area (Å²) in [6.07, 6.45) is 0. The molecule has 4 aromatic rings. The molecule has 0 amide bonds. The number of aliphatic hydroxyl groups is 1. The van der Waals surface area contributed by atoms with Crippen molar-refractivity contribution in [3.05, 3.63) is 82.2 Å². The quantitative estimate of drug-likeness (QED) is 0.368. The summed E-state index contributed by atoms with van der Waals surface area (Å²) in [5.74, 6) is -0.446. The average Bonchev–Trinajstić information content (AvgIpc) is 3.31. The van der Waals surface area contributed by atoms with Gasteiger partial charge in [0, 0.05) is 4.88 Å². The molecule has 0 radical (unpaired) electrons. The number of thiophene rings is 1. The van der Waals surface area contributed by atoms with E-state index in [1.165, 1.54) is 17.4 Å². The molecule has 0 bridgehead atoms. The highest BCUT2D eigenvalue weighted by Crippen LogP contribution is 2.38. The molecule has 29 heavy (non-hydrogen) atoms. The van der Waals surface area contributed by atoms with Gasteiger partial charge in [-0.3, -0.25) is 0 Å². The highest BCUT2D eigenvalue weighted by molar-refractivity contribution is 7.18. The minimum absolute atomic E-state index is 0.0860. The van der Waals surface area contributed by atoms with Crippen LogP contribution < -0.4 is 0 Å². The van der Waals surface area contributed by atoms with Crippen LogP contribution in [0, 0.1) is 5.82 Å². The molecule has 2 aromatic heterocycles. The van der Waals surface area contributed by atoms with Crippen molar-refractivity contribution < 1.29 is 9.50 Å². The zero-order valence-corrected chi connectivity index (χ0v) is 18.0. The maximum Gasteiger partial charge on any atom is 0.141 e. The van der Waals surface area contributed by atoms with Gasteiger partial charge in [0.1, 0.15) is 11.4 Å². The minimum Gasteiger partial charge on any atom is -0.384 e. The maximum atomic E-state index is 13.5. The van der Waals surface area contributed by atoms with Gasteiger partial charge in [-0.25, -0.2) is 9.07 Å². The molecular formula is C22H17Cl2FN2OS. The second kappa shape index (κ2) is 7.58. The van der Waals surface area contributed by atoms with Gasteiger partial charge in [0.15, 0.2) is 0 Å². The molecule has 148 valence electrons. The molecule has 0 aliphatic carbocycles. The summed E-state index contributed by atoms with van der Waals surface area (Å²) in [5.41, 5.74) is 1.79. The third-order valence-corrected chi connectivity index (χ3v) is 6.25. The van der Waals surface area contributed by atoms with Gasteiger partial charge in [-0.15, -0.1) is 11.3 Å². The van der Waals surface area contributed by atoms with Crippen LogP contribution in [0.5, 0.6) is 0 Å². The van der Waals surface area contributed by atoms with E-state index in [0.717, 1.165) is 26.7 Å². The standard InChI is InChI=1S/C22H17Cl2FN2OS/c1-22(2,28)21-12-18(27(26-21)17-6-4-3-5-14(17)23)20-10-9-19(29-20)13-7-8-16(25)15(24)11-13/h3-12,28H,1-2H3. The van der Waals surface area contributed by atoms with Gasteiger partial charge >= 0.3 is 0 Å². The molecule has 4 rings (SSSR count). The summed E-state index contributed by atoms with van der Waals surface area (Å²) in [7, 11) is 0. The Morgan fingerprint density at radius 2 is 1.69 bits per heavy atom. The number of benzene rings is 2. The maximum absolute atomic E-state index is 13.5. The van der Waals surface area contributed by atoms with E-state index < -0.39 is 11.4 Å². The number of hydrogen-bond donors (Lipinski definition) is 1. The summed E-state index contributed by atoms with van der Waals surface area (Å²) < 4.78 is 15.2. The van der Waals surface area contributed by atoms with E-state index in [1.54, 1.807) is 36.7 Å². The predicted octanol–water partition coefficient (Wildman–Crippen LogP) is 6.94. The Labute approximate surface area is 182 Å². The fraction of sp³-hybridized carbons (Fsp3) is 0.136. The van der Waals surface area contributed by atoms with Crippen molar-refractivity contribution in [3.8, 4) is 26.7 Å². The summed E-state index contributed by atoms with van der Waals surface area (Å²) in [6.45, 7) is 3.38. The molecule has 0 aliphatic rings. The fourth-order valence-electron chi connectivity index (χ4n) is 2.94. The Balaban J connectivity index is 1.85. The summed E-state index contributed by atoms with van der Waals surface area (Å²) in [6, 6.07) is 17.9. The van der Waals surface area contributed by atoms with Crippen LogP contribution in [0.15, 0.2) is 60.7 Å². The van der Waals surface area contributed by atoms with Crippen LogP contribution in [-0.2, 0) is 5.60 Å². The van der Waals surface area contributed by atoms with Gasteiger partial charge in [0.2, 0.25) is 0 Å². The number of aromatic nitrogens is 2. The second-order valence-corrected chi connectivity index (χ2v) is 9.03. The van der Waals surface area contributed by atoms with Crippen LogP contribution in [-0.4, -0.2) is 14.9 Å². The molecule has 3 nitrogen and oxygen atoms in total. The van der Waals surface area contributed by atoms with E-state index in [1.807, 2.05) is 36.4 Å². The number of hydrogen-bond acceptors (Lipinski definition) is 3. The van der Waals surface area contributed by atoms with Crippen LogP contribution in [0.2, 0.25) is 10.0 Å². The molecule has 1 N–H and O–H groups in total. The first-order chi connectivity index (χ1) is 13.7. The molecule has 0 aliphatic heterocycles. The van der Waals surface area contributed by atoms with Gasteiger partial charge in [-0.2, -0.15) is 5.10 Å². The summed E-state index contributed by atoms with van der Waals surface area (Å²) in [5, 5.41) is 15.7. The lowest BCUT2D eigenvalue weighted by Crippen LogP contribution is -2.16. The Morgan fingerprint density at radius 1 is 0.966 bits per heavy atom. The number of rotatable bonds is 4. The van der Waals surface area contributed by atoms with Crippen molar-refractivity contribution in [1.82, 2.24) is 9.78 Å². The highest BCUT2D eigenvalue weighted by atomic mass is 35.5. The molecule has 0 saturated heterocycles. The van der Waals surface area contributed by atoms with Gasteiger partial charge in [-0.05, 0) is 61.9 Å².